The van der Waals surface area contributed by atoms with E-state index in [1.165, 1.54) is 11.1 Å². The van der Waals surface area contributed by atoms with Crippen molar-refractivity contribution in [2.75, 3.05) is 7.11 Å². The molecule has 0 unspecified atom stereocenters. The Morgan fingerprint density at radius 2 is 1.86 bits per heavy atom. The van der Waals surface area contributed by atoms with Gasteiger partial charge in [-0.2, -0.15) is 0 Å². The second-order valence-corrected chi connectivity index (χ2v) is 7.92. The largest absolute Gasteiger partial charge is 0.496 e. The third kappa shape index (κ3) is 4.07. The number of fused-ring (bicyclic) bond motifs is 1. The summed E-state index contributed by atoms with van der Waals surface area (Å²) >= 11 is 0. The number of rotatable bonds is 5. The Morgan fingerprint density at radius 1 is 1.14 bits per heavy atom. The van der Waals surface area contributed by atoms with Gasteiger partial charge in [0.05, 0.1) is 13.4 Å². The molecule has 1 heterocycles. The van der Waals surface area contributed by atoms with E-state index in [2.05, 4.69) is 43.4 Å². The van der Waals surface area contributed by atoms with Crippen molar-refractivity contribution in [2.45, 2.75) is 47.6 Å². The molecular formula is C25H29NO3. The number of amides is 1. The van der Waals surface area contributed by atoms with Gasteiger partial charge in [-0.15, -0.1) is 0 Å². The molecule has 0 aliphatic rings. The van der Waals surface area contributed by atoms with E-state index in [-0.39, 0.29) is 11.9 Å². The van der Waals surface area contributed by atoms with E-state index in [0.29, 0.717) is 0 Å². The van der Waals surface area contributed by atoms with Gasteiger partial charge in [0.15, 0.2) is 0 Å². The fourth-order valence-electron chi connectivity index (χ4n) is 3.80. The van der Waals surface area contributed by atoms with E-state index in [9.17, 15) is 4.79 Å². The summed E-state index contributed by atoms with van der Waals surface area (Å²) in [6.07, 6.45) is 3.43. The van der Waals surface area contributed by atoms with E-state index < -0.39 is 0 Å². The molecule has 3 rings (SSSR count). The van der Waals surface area contributed by atoms with Crippen LogP contribution < -0.4 is 10.1 Å². The number of furan rings is 1. The van der Waals surface area contributed by atoms with Crippen LogP contribution in [0.2, 0.25) is 0 Å². The number of allylic oxidation sites excluding steroid dienone is 1. The zero-order valence-electron chi connectivity index (χ0n) is 18.3. The molecule has 0 saturated heterocycles. The van der Waals surface area contributed by atoms with E-state index in [0.717, 1.165) is 44.5 Å². The molecule has 0 saturated carbocycles. The molecule has 4 nitrogen and oxygen atoms in total. The molecule has 2 aromatic carbocycles. The van der Waals surface area contributed by atoms with E-state index in [1.807, 2.05) is 34.0 Å². The number of ether oxygens (including phenoxy) is 1. The topological polar surface area (TPSA) is 51.5 Å². The second kappa shape index (κ2) is 8.16. The van der Waals surface area contributed by atoms with Crippen LogP contribution in [0.15, 0.2) is 41.0 Å². The smallest absolute Gasteiger partial charge is 0.244 e. The standard InChI is InChI=1S/C25H29NO3/c1-14(2)26-23(27)11-17(5)20-12-21-22(19-9-8-15(3)10-16(19)4)13-29-25(21)18(6)24(20)28-7/h8-14H,1-7H3,(H,26,27)/b17-11+. The van der Waals surface area contributed by atoms with Crippen molar-refractivity contribution < 1.29 is 13.9 Å². The van der Waals surface area contributed by atoms with Crippen molar-refractivity contribution >= 4 is 22.4 Å². The maximum atomic E-state index is 12.3. The summed E-state index contributed by atoms with van der Waals surface area (Å²) < 4.78 is 11.6. The lowest BCUT2D eigenvalue weighted by molar-refractivity contribution is -0.116. The van der Waals surface area contributed by atoms with Gasteiger partial charge in [-0.1, -0.05) is 23.8 Å². The molecular weight excluding hydrogens is 362 g/mol. The minimum atomic E-state index is -0.112. The van der Waals surface area contributed by atoms with Gasteiger partial charge in [-0.05, 0) is 64.3 Å². The highest BCUT2D eigenvalue weighted by molar-refractivity contribution is 6.02. The highest BCUT2D eigenvalue weighted by Crippen LogP contribution is 2.41. The zero-order chi connectivity index (χ0) is 21.3. The summed E-state index contributed by atoms with van der Waals surface area (Å²) in [7, 11) is 1.65. The normalized spacial score (nSPS) is 11.9. The molecule has 4 heteroatoms. The predicted octanol–water partition coefficient (Wildman–Crippen LogP) is 5.96. The maximum absolute atomic E-state index is 12.3. The summed E-state index contributed by atoms with van der Waals surface area (Å²) in [5.41, 5.74) is 8.08. The molecule has 0 fully saturated rings. The van der Waals surface area contributed by atoms with Crippen molar-refractivity contribution in [3.63, 3.8) is 0 Å². The molecule has 0 bridgehead atoms. The van der Waals surface area contributed by atoms with E-state index >= 15 is 0 Å². The van der Waals surface area contributed by atoms with Crippen LogP contribution >= 0.6 is 0 Å². The molecule has 0 aliphatic heterocycles. The molecule has 0 aliphatic carbocycles. The Labute approximate surface area is 172 Å². The highest BCUT2D eigenvalue weighted by Gasteiger charge is 2.19. The van der Waals surface area contributed by atoms with Crippen LogP contribution in [0.4, 0.5) is 0 Å². The van der Waals surface area contributed by atoms with Crippen LogP contribution in [0, 0.1) is 20.8 Å². The lowest BCUT2D eigenvalue weighted by atomic mass is 9.94. The average Bonchev–Trinajstić information content (AvgIpc) is 3.05. The summed E-state index contributed by atoms with van der Waals surface area (Å²) in [6.45, 7) is 12.0. The molecule has 0 radical (unpaired) electrons. The zero-order valence-corrected chi connectivity index (χ0v) is 18.3. The fourth-order valence-corrected chi connectivity index (χ4v) is 3.80. The highest BCUT2D eigenvalue weighted by atomic mass is 16.5. The number of methoxy groups -OCH3 is 1. The van der Waals surface area contributed by atoms with Crippen molar-refractivity contribution in [3.8, 4) is 16.9 Å². The summed E-state index contributed by atoms with van der Waals surface area (Å²) in [5, 5.41) is 3.92. The SMILES string of the molecule is COc1c(/C(C)=C/C(=O)NC(C)C)cc2c(-c3ccc(C)cc3C)coc2c1C. The number of aryl methyl sites for hydroxylation is 3. The first-order valence-electron chi connectivity index (χ1n) is 9.88. The number of carbonyl (C=O) groups excluding carboxylic acids is 1. The molecule has 0 spiro atoms. The Morgan fingerprint density at radius 3 is 2.48 bits per heavy atom. The quantitative estimate of drug-likeness (QED) is 0.546. The van der Waals surface area contributed by atoms with Gasteiger partial charge in [0.25, 0.3) is 0 Å². The minimum Gasteiger partial charge on any atom is -0.496 e. The monoisotopic (exact) mass is 391 g/mol. The number of hydrogen-bond donors (Lipinski definition) is 1. The van der Waals surface area contributed by atoms with Gasteiger partial charge in [0.2, 0.25) is 5.91 Å². The van der Waals surface area contributed by atoms with Crippen molar-refractivity contribution in [1.82, 2.24) is 5.32 Å². The summed E-state index contributed by atoms with van der Waals surface area (Å²) in [6, 6.07) is 8.57. The van der Waals surface area contributed by atoms with Crippen LogP contribution in [-0.4, -0.2) is 19.1 Å². The maximum Gasteiger partial charge on any atom is 0.244 e. The van der Waals surface area contributed by atoms with Gasteiger partial charge < -0.3 is 14.5 Å². The average molecular weight is 392 g/mol. The van der Waals surface area contributed by atoms with Gasteiger partial charge in [0, 0.05) is 34.2 Å². The van der Waals surface area contributed by atoms with Gasteiger partial charge in [-0.25, -0.2) is 0 Å². The first-order chi connectivity index (χ1) is 13.7. The molecule has 0 atom stereocenters. The van der Waals surface area contributed by atoms with Crippen molar-refractivity contribution in [3.05, 3.63) is 58.9 Å². The van der Waals surface area contributed by atoms with Gasteiger partial charge >= 0.3 is 0 Å². The van der Waals surface area contributed by atoms with Gasteiger partial charge in [0.1, 0.15) is 11.3 Å². The Kier molecular flexibility index (Phi) is 5.83. The molecule has 1 N–H and O–H groups in total. The first-order valence-corrected chi connectivity index (χ1v) is 9.88. The van der Waals surface area contributed by atoms with Crippen LogP contribution in [-0.2, 0) is 4.79 Å². The van der Waals surface area contributed by atoms with Gasteiger partial charge in [-0.3, -0.25) is 4.79 Å². The lowest BCUT2D eigenvalue weighted by Gasteiger charge is -2.14. The number of benzene rings is 2. The predicted molar refractivity (Wildman–Crippen MR) is 119 cm³/mol. The number of hydrogen-bond acceptors (Lipinski definition) is 3. The van der Waals surface area contributed by atoms with Crippen LogP contribution in [0.1, 0.15) is 43.0 Å². The van der Waals surface area contributed by atoms with Crippen LogP contribution in [0.5, 0.6) is 5.75 Å². The first kappa shape index (κ1) is 20.7. The molecule has 1 aromatic heterocycles. The molecule has 3 aromatic rings. The summed E-state index contributed by atoms with van der Waals surface area (Å²) in [5.74, 6) is 0.615. The van der Waals surface area contributed by atoms with E-state index in [4.69, 9.17) is 9.15 Å². The molecule has 152 valence electrons. The van der Waals surface area contributed by atoms with Crippen LogP contribution in [0.25, 0.3) is 27.7 Å². The Hall–Kier alpha value is -3.01. The molecule has 1 amide bonds. The third-order valence-electron chi connectivity index (χ3n) is 5.12. The second-order valence-electron chi connectivity index (χ2n) is 7.92. The van der Waals surface area contributed by atoms with Crippen molar-refractivity contribution in [2.24, 2.45) is 0 Å². The van der Waals surface area contributed by atoms with Crippen LogP contribution in [0.3, 0.4) is 0 Å². The number of carbonyl (C=O) groups is 1. The third-order valence-corrected chi connectivity index (χ3v) is 5.12. The Bertz CT molecular complexity index is 1100. The Balaban J connectivity index is 2.21. The number of nitrogens with one attached hydrogen (secondary N) is 1. The fraction of sp³-hybridized carbons (Fsp3) is 0.320. The van der Waals surface area contributed by atoms with E-state index in [1.54, 1.807) is 13.2 Å². The minimum absolute atomic E-state index is 0.0858. The lowest BCUT2D eigenvalue weighted by Crippen LogP contribution is -2.28. The molecule has 29 heavy (non-hydrogen) atoms. The summed E-state index contributed by atoms with van der Waals surface area (Å²) in [4.78, 5) is 12.3. The van der Waals surface area contributed by atoms with Crippen molar-refractivity contribution in [1.29, 1.82) is 0 Å².